The van der Waals surface area contributed by atoms with Crippen LogP contribution in [0.2, 0.25) is 18.1 Å². The fraction of sp³-hybridized carbons (Fsp3) is 0.905. The number of hydrogen-bond donors (Lipinski definition) is 0. The first-order chi connectivity index (χ1) is 11.2. The van der Waals surface area contributed by atoms with Gasteiger partial charge in [0.05, 0.1) is 6.10 Å². The van der Waals surface area contributed by atoms with E-state index >= 15 is 0 Å². The predicted octanol–water partition coefficient (Wildman–Crippen LogP) is 7.48. The molecule has 0 aromatic carbocycles. The maximum Gasteiger partial charge on any atom is 0.192 e. The van der Waals surface area contributed by atoms with Crippen molar-refractivity contribution in [2.45, 2.75) is 116 Å². The van der Waals surface area contributed by atoms with Crippen molar-refractivity contribution >= 4 is 8.32 Å². The van der Waals surface area contributed by atoms with Gasteiger partial charge in [0.25, 0.3) is 0 Å². The predicted molar refractivity (Wildman–Crippen MR) is 107 cm³/mol. The van der Waals surface area contributed by atoms with Crippen molar-refractivity contribution in [3.63, 3.8) is 0 Å². The van der Waals surface area contributed by atoms with Crippen LogP contribution < -0.4 is 0 Å². The molecule has 0 saturated heterocycles. The van der Waals surface area contributed by atoms with E-state index in [0.29, 0.717) is 6.10 Å². The van der Waals surface area contributed by atoms with E-state index in [0.717, 1.165) is 5.92 Å². The van der Waals surface area contributed by atoms with Gasteiger partial charge in [0.1, 0.15) is 0 Å². The van der Waals surface area contributed by atoms with Gasteiger partial charge in [-0.1, -0.05) is 78.4 Å². The third-order valence-electron chi connectivity index (χ3n) is 5.98. The van der Waals surface area contributed by atoms with Gasteiger partial charge in [0, 0.05) is 0 Å². The first kappa shape index (κ1) is 21.0. The molecule has 2 heteroatoms. The second kappa shape index (κ2) is 12.3. The zero-order chi connectivity index (χ0) is 17.0. The molecule has 1 rings (SSSR count). The minimum Gasteiger partial charge on any atom is -0.410 e. The van der Waals surface area contributed by atoms with E-state index in [9.17, 15) is 0 Å². The van der Waals surface area contributed by atoms with Crippen LogP contribution in [0.1, 0.15) is 91.9 Å². The summed E-state index contributed by atoms with van der Waals surface area (Å²) in [5, 5.41) is 0. The van der Waals surface area contributed by atoms with E-state index < -0.39 is 8.32 Å². The monoisotopic (exact) mass is 338 g/mol. The van der Waals surface area contributed by atoms with Crippen molar-refractivity contribution in [2.24, 2.45) is 5.92 Å². The quantitative estimate of drug-likeness (QED) is 0.203. The summed E-state index contributed by atoms with van der Waals surface area (Å²) in [5.74, 6) is 0.784. The Kier molecular flexibility index (Phi) is 11.2. The van der Waals surface area contributed by atoms with Gasteiger partial charge < -0.3 is 4.43 Å². The summed E-state index contributed by atoms with van der Waals surface area (Å²) in [4.78, 5) is 0. The standard InChI is InChI=1S/C21H42OSi/c1-5-9-10-11-12-16-19-21(20-17-14-13-15-18-20)22-23(6-2,7-3)8-4/h16,19-21H,5-15,17-18H2,1-4H3/b19-16+/t21-/m1/s1. The maximum atomic E-state index is 6.90. The van der Waals surface area contributed by atoms with Gasteiger partial charge in [0.2, 0.25) is 0 Å². The molecule has 0 aromatic rings. The molecular formula is C21H42OSi. The first-order valence-corrected chi connectivity index (χ1v) is 13.1. The summed E-state index contributed by atoms with van der Waals surface area (Å²) >= 11 is 0. The lowest BCUT2D eigenvalue weighted by Crippen LogP contribution is -2.42. The zero-order valence-electron chi connectivity index (χ0n) is 16.4. The molecule has 0 aliphatic heterocycles. The summed E-state index contributed by atoms with van der Waals surface area (Å²) in [7, 11) is -1.50. The third-order valence-corrected chi connectivity index (χ3v) is 10.6. The Bertz CT molecular complexity index is 295. The van der Waals surface area contributed by atoms with Gasteiger partial charge in [-0.15, -0.1) is 0 Å². The molecule has 0 unspecified atom stereocenters. The lowest BCUT2D eigenvalue weighted by atomic mass is 9.85. The van der Waals surface area contributed by atoms with Crippen LogP contribution in [-0.2, 0) is 4.43 Å². The van der Waals surface area contributed by atoms with E-state index in [1.165, 1.54) is 82.3 Å². The molecule has 1 nitrogen and oxygen atoms in total. The Morgan fingerprint density at radius 3 is 2.13 bits per heavy atom. The van der Waals surface area contributed by atoms with Crippen LogP contribution in [0.25, 0.3) is 0 Å². The van der Waals surface area contributed by atoms with Gasteiger partial charge in [-0.2, -0.15) is 0 Å². The van der Waals surface area contributed by atoms with Gasteiger partial charge in [-0.3, -0.25) is 0 Å². The average molecular weight is 339 g/mol. The largest absolute Gasteiger partial charge is 0.410 e. The zero-order valence-corrected chi connectivity index (χ0v) is 17.4. The number of unbranched alkanes of at least 4 members (excludes halogenated alkanes) is 4. The van der Waals surface area contributed by atoms with E-state index in [2.05, 4.69) is 39.8 Å². The van der Waals surface area contributed by atoms with Crippen LogP contribution in [0.5, 0.6) is 0 Å². The molecule has 0 amide bonds. The fourth-order valence-corrected chi connectivity index (χ4v) is 6.81. The highest BCUT2D eigenvalue weighted by Crippen LogP contribution is 2.33. The van der Waals surface area contributed by atoms with Crippen molar-refractivity contribution in [1.29, 1.82) is 0 Å². The Morgan fingerprint density at radius 1 is 0.913 bits per heavy atom. The average Bonchev–Trinajstić information content (AvgIpc) is 2.62. The van der Waals surface area contributed by atoms with Crippen LogP contribution in [0.4, 0.5) is 0 Å². The van der Waals surface area contributed by atoms with Crippen LogP contribution in [0.3, 0.4) is 0 Å². The Morgan fingerprint density at radius 2 is 1.57 bits per heavy atom. The van der Waals surface area contributed by atoms with Crippen LogP contribution in [0.15, 0.2) is 12.2 Å². The molecule has 0 aromatic heterocycles. The summed E-state index contributed by atoms with van der Waals surface area (Å²) in [6.07, 6.45) is 19.0. The van der Waals surface area contributed by atoms with Crippen molar-refractivity contribution in [3.05, 3.63) is 12.2 Å². The van der Waals surface area contributed by atoms with Crippen LogP contribution in [-0.4, -0.2) is 14.4 Å². The number of allylic oxidation sites excluding steroid dienone is 1. The molecule has 0 heterocycles. The SMILES string of the molecule is CCCCCC/C=C/[C@@H](O[Si](CC)(CC)CC)C1CCCCC1. The molecule has 1 atom stereocenters. The molecule has 0 spiro atoms. The van der Waals surface area contributed by atoms with Crippen molar-refractivity contribution < 1.29 is 4.43 Å². The topological polar surface area (TPSA) is 9.23 Å². The van der Waals surface area contributed by atoms with Crippen molar-refractivity contribution in [1.82, 2.24) is 0 Å². The van der Waals surface area contributed by atoms with E-state index in [-0.39, 0.29) is 0 Å². The second-order valence-electron chi connectivity index (χ2n) is 7.50. The van der Waals surface area contributed by atoms with E-state index in [1.54, 1.807) is 0 Å². The molecule has 0 bridgehead atoms. The van der Waals surface area contributed by atoms with Crippen molar-refractivity contribution in [2.75, 3.05) is 0 Å². The number of hydrogen-bond acceptors (Lipinski definition) is 1. The molecule has 0 N–H and O–H groups in total. The molecular weight excluding hydrogens is 296 g/mol. The Labute approximate surface area is 147 Å². The van der Waals surface area contributed by atoms with Crippen molar-refractivity contribution in [3.8, 4) is 0 Å². The summed E-state index contributed by atoms with van der Waals surface area (Å²) < 4.78 is 6.90. The highest BCUT2D eigenvalue weighted by Gasteiger charge is 2.34. The van der Waals surface area contributed by atoms with Crippen LogP contribution >= 0.6 is 0 Å². The molecule has 1 fully saturated rings. The third kappa shape index (κ3) is 7.56. The van der Waals surface area contributed by atoms with Gasteiger partial charge in [-0.25, -0.2) is 0 Å². The Balaban J connectivity index is 2.62. The minimum absolute atomic E-state index is 0.410. The molecule has 0 radical (unpaired) electrons. The first-order valence-electron chi connectivity index (χ1n) is 10.6. The number of rotatable bonds is 12. The van der Waals surface area contributed by atoms with Gasteiger partial charge in [-0.05, 0) is 49.7 Å². The Hall–Kier alpha value is -0.0831. The van der Waals surface area contributed by atoms with E-state index in [4.69, 9.17) is 4.43 Å². The highest BCUT2D eigenvalue weighted by atomic mass is 28.4. The molecule has 23 heavy (non-hydrogen) atoms. The molecule has 1 aliphatic rings. The van der Waals surface area contributed by atoms with E-state index in [1.807, 2.05) is 0 Å². The lowest BCUT2D eigenvalue weighted by Gasteiger charge is -2.37. The normalized spacial score (nSPS) is 18.6. The molecule has 1 aliphatic carbocycles. The van der Waals surface area contributed by atoms with Gasteiger partial charge >= 0.3 is 0 Å². The fourth-order valence-electron chi connectivity index (χ4n) is 3.96. The summed E-state index contributed by atoms with van der Waals surface area (Å²) in [5.41, 5.74) is 0. The summed E-state index contributed by atoms with van der Waals surface area (Å²) in [6.45, 7) is 9.34. The second-order valence-corrected chi connectivity index (χ2v) is 12.2. The summed E-state index contributed by atoms with van der Waals surface area (Å²) in [6, 6.07) is 3.81. The minimum atomic E-state index is -1.50. The molecule has 136 valence electrons. The smallest absolute Gasteiger partial charge is 0.192 e. The highest BCUT2D eigenvalue weighted by molar-refractivity contribution is 6.73. The van der Waals surface area contributed by atoms with Crippen LogP contribution in [0, 0.1) is 5.92 Å². The lowest BCUT2D eigenvalue weighted by molar-refractivity contribution is 0.135. The van der Waals surface area contributed by atoms with Gasteiger partial charge in [0.15, 0.2) is 8.32 Å². The maximum absolute atomic E-state index is 6.90. The molecule has 1 saturated carbocycles.